The van der Waals surface area contributed by atoms with Crippen molar-refractivity contribution in [2.75, 3.05) is 13.2 Å². The Morgan fingerprint density at radius 2 is 0.493 bits per heavy atom. The number of carbonyl (C=O) groups is 3. The Kier molecular flexibility index (Phi) is 59.2. The number of ether oxygens (including phenoxy) is 3. The van der Waals surface area contributed by atoms with E-state index in [-0.39, 0.29) is 31.1 Å². The molecule has 0 fully saturated rings. The van der Waals surface area contributed by atoms with Crippen molar-refractivity contribution in [3.63, 3.8) is 0 Å². The highest BCUT2D eigenvalue weighted by Crippen LogP contribution is 2.17. The van der Waals surface area contributed by atoms with Crippen LogP contribution in [0.1, 0.15) is 329 Å². The molecule has 0 bridgehead atoms. The molecule has 0 saturated heterocycles. The summed E-state index contributed by atoms with van der Waals surface area (Å²) in [4.78, 5) is 38.2. The molecule has 0 aliphatic carbocycles. The van der Waals surface area contributed by atoms with Crippen LogP contribution in [0.25, 0.3) is 0 Å². The molecule has 0 aliphatic rings. The summed E-state index contributed by atoms with van der Waals surface area (Å²) in [5, 5.41) is 0. The van der Waals surface area contributed by atoms with Gasteiger partial charge in [0.15, 0.2) is 6.10 Å². The van der Waals surface area contributed by atoms with Crippen molar-refractivity contribution >= 4 is 17.9 Å². The third kappa shape index (κ3) is 59.9. The minimum Gasteiger partial charge on any atom is -0.462 e. The molecule has 0 radical (unpaired) electrons. The molecule has 0 N–H and O–H groups in total. The highest BCUT2D eigenvalue weighted by Gasteiger charge is 2.19. The molecule has 0 aromatic heterocycles. The third-order valence-electron chi connectivity index (χ3n) is 14.0. The predicted octanol–water partition coefficient (Wildman–Crippen LogP) is 21.6. The Labute approximate surface area is 453 Å². The van der Waals surface area contributed by atoms with Gasteiger partial charge in [0.1, 0.15) is 13.2 Å². The van der Waals surface area contributed by atoms with E-state index in [1.54, 1.807) is 0 Å². The van der Waals surface area contributed by atoms with Crippen LogP contribution in [-0.4, -0.2) is 37.2 Å². The number of rotatable bonds is 58. The van der Waals surface area contributed by atoms with Crippen molar-refractivity contribution in [1.82, 2.24) is 0 Å². The quantitative estimate of drug-likeness (QED) is 0.0261. The Hall–Kier alpha value is -2.89. The average Bonchev–Trinajstić information content (AvgIpc) is 3.39. The van der Waals surface area contributed by atoms with E-state index in [1.165, 1.54) is 193 Å². The first-order chi connectivity index (χ1) is 36.0. The fourth-order valence-electron chi connectivity index (χ4n) is 9.19. The van der Waals surface area contributed by atoms with Gasteiger partial charge in [0.05, 0.1) is 0 Å². The Bertz CT molecular complexity index is 1310. The summed E-state index contributed by atoms with van der Waals surface area (Å²) in [6, 6.07) is 0. The van der Waals surface area contributed by atoms with Crippen molar-refractivity contribution in [3.05, 3.63) is 60.8 Å². The normalized spacial score (nSPS) is 12.4. The molecule has 1 atom stereocenters. The van der Waals surface area contributed by atoms with E-state index in [1.807, 2.05) is 0 Å². The van der Waals surface area contributed by atoms with Gasteiger partial charge in [-0.2, -0.15) is 0 Å². The fraction of sp³-hybridized carbons (Fsp3) is 0.806. The maximum absolute atomic E-state index is 12.9. The van der Waals surface area contributed by atoms with Gasteiger partial charge in [0.2, 0.25) is 0 Å². The standard InChI is InChI=1S/C67H120O6/c1-4-7-10-13-16-19-22-24-26-27-28-29-30-31-32-33-34-35-36-37-38-39-41-42-45-48-51-54-57-60-66(69)72-63-64(62-71-65(68)59-56-53-50-47-44-21-18-15-12-9-6-3)73-67(70)61-58-55-52-49-46-43-40-25-23-20-17-14-11-8-5-2/h17,20,22,24-25,27-28,30-31,40,64H,4-16,18-19,21,23,26,29,32-39,41-63H2,1-3H3/b20-17-,24-22-,28-27-,31-30-,40-25-. The van der Waals surface area contributed by atoms with Gasteiger partial charge in [0.25, 0.3) is 0 Å². The third-order valence-corrected chi connectivity index (χ3v) is 14.0. The summed E-state index contributed by atoms with van der Waals surface area (Å²) in [7, 11) is 0. The van der Waals surface area contributed by atoms with Crippen molar-refractivity contribution in [3.8, 4) is 0 Å². The lowest BCUT2D eigenvalue weighted by atomic mass is 10.0. The topological polar surface area (TPSA) is 78.9 Å². The summed E-state index contributed by atoms with van der Waals surface area (Å²) in [5.74, 6) is -0.877. The van der Waals surface area contributed by atoms with Crippen LogP contribution in [0.2, 0.25) is 0 Å². The average molecular weight is 1020 g/mol. The molecule has 0 amide bonds. The van der Waals surface area contributed by atoms with Crippen molar-refractivity contribution in [2.45, 2.75) is 335 Å². The lowest BCUT2D eigenvalue weighted by Gasteiger charge is -2.18. The van der Waals surface area contributed by atoms with Gasteiger partial charge in [0, 0.05) is 19.3 Å². The van der Waals surface area contributed by atoms with E-state index in [9.17, 15) is 14.4 Å². The largest absolute Gasteiger partial charge is 0.462 e. The number of carbonyl (C=O) groups excluding carboxylic acids is 3. The first kappa shape index (κ1) is 70.1. The maximum Gasteiger partial charge on any atom is 0.306 e. The number of hydrogen-bond acceptors (Lipinski definition) is 6. The highest BCUT2D eigenvalue weighted by atomic mass is 16.6. The molecule has 424 valence electrons. The van der Waals surface area contributed by atoms with Crippen LogP contribution in [0.4, 0.5) is 0 Å². The summed E-state index contributed by atoms with van der Waals surface area (Å²) in [6.07, 6.45) is 78.0. The van der Waals surface area contributed by atoms with Gasteiger partial charge in [-0.1, -0.05) is 281 Å². The molecule has 0 spiro atoms. The monoisotopic (exact) mass is 1020 g/mol. The molecule has 6 nitrogen and oxygen atoms in total. The predicted molar refractivity (Wildman–Crippen MR) is 316 cm³/mol. The Balaban J connectivity index is 4.18. The number of esters is 3. The van der Waals surface area contributed by atoms with Crippen LogP contribution < -0.4 is 0 Å². The minimum absolute atomic E-state index is 0.0765. The summed E-state index contributed by atoms with van der Waals surface area (Å²) in [6.45, 7) is 6.62. The van der Waals surface area contributed by atoms with Crippen LogP contribution in [0.3, 0.4) is 0 Å². The zero-order valence-corrected chi connectivity index (χ0v) is 48.7. The van der Waals surface area contributed by atoms with Gasteiger partial charge in [-0.05, 0) is 89.9 Å². The van der Waals surface area contributed by atoms with Crippen LogP contribution >= 0.6 is 0 Å². The summed E-state index contributed by atoms with van der Waals surface area (Å²) < 4.78 is 16.9. The van der Waals surface area contributed by atoms with E-state index in [0.717, 1.165) is 96.3 Å². The molecule has 0 rings (SSSR count). The first-order valence-electron chi connectivity index (χ1n) is 31.8. The van der Waals surface area contributed by atoms with Gasteiger partial charge in [-0.15, -0.1) is 0 Å². The molecule has 6 heteroatoms. The lowest BCUT2D eigenvalue weighted by molar-refractivity contribution is -0.167. The first-order valence-corrected chi connectivity index (χ1v) is 31.8. The number of unbranched alkanes of at least 4 members (excludes halogenated alkanes) is 37. The number of hydrogen-bond donors (Lipinski definition) is 0. The van der Waals surface area contributed by atoms with Crippen LogP contribution in [0.15, 0.2) is 60.8 Å². The molecule has 0 heterocycles. The number of allylic oxidation sites excluding steroid dienone is 10. The second-order valence-corrected chi connectivity index (χ2v) is 21.3. The molecule has 0 aromatic rings. The van der Waals surface area contributed by atoms with E-state index in [2.05, 4.69) is 81.5 Å². The minimum atomic E-state index is -0.779. The van der Waals surface area contributed by atoms with Crippen LogP contribution in [0, 0.1) is 0 Å². The second-order valence-electron chi connectivity index (χ2n) is 21.3. The maximum atomic E-state index is 12.9. The second kappa shape index (κ2) is 61.7. The van der Waals surface area contributed by atoms with E-state index >= 15 is 0 Å². The Morgan fingerprint density at radius 1 is 0.274 bits per heavy atom. The van der Waals surface area contributed by atoms with Gasteiger partial charge < -0.3 is 14.2 Å². The summed E-state index contributed by atoms with van der Waals surface area (Å²) in [5.41, 5.74) is 0. The van der Waals surface area contributed by atoms with Gasteiger partial charge in [-0.3, -0.25) is 14.4 Å². The van der Waals surface area contributed by atoms with Crippen LogP contribution in [0.5, 0.6) is 0 Å². The molecule has 1 unspecified atom stereocenters. The molecule has 73 heavy (non-hydrogen) atoms. The highest BCUT2D eigenvalue weighted by molar-refractivity contribution is 5.71. The van der Waals surface area contributed by atoms with Gasteiger partial charge in [-0.25, -0.2) is 0 Å². The molecule has 0 aromatic carbocycles. The van der Waals surface area contributed by atoms with Crippen molar-refractivity contribution in [2.24, 2.45) is 0 Å². The SMILES string of the molecule is CCCCC/C=C\C/C=C\CCCCCCCC(=O)OC(COC(=O)CCCCCCCCCCCCC)COC(=O)CCCCCCCCCCCCCCCC/C=C\C/C=C\C/C=C\CCCCCCC. The molecular weight excluding hydrogens is 901 g/mol. The van der Waals surface area contributed by atoms with E-state index in [0.29, 0.717) is 19.3 Å². The zero-order valence-electron chi connectivity index (χ0n) is 48.7. The van der Waals surface area contributed by atoms with E-state index in [4.69, 9.17) is 14.2 Å². The van der Waals surface area contributed by atoms with Crippen molar-refractivity contribution in [1.29, 1.82) is 0 Å². The zero-order chi connectivity index (χ0) is 52.9. The Morgan fingerprint density at radius 3 is 0.795 bits per heavy atom. The summed E-state index contributed by atoms with van der Waals surface area (Å²) >= 11 is 0. The van der Waals surface area contributed by atoms with E-state index < -0.39 is 6.10 Å². The van der Waals surface area contributed by atoms with Gasteiger partial charge >= 0.3 is 17.9 Å². The smallest absolute Gasteiger partial charge is 0.306 e. The fourth-order valence-corrected chi connectivity index (χ4v) is 9.19. The molecular formula is C67H120O6. The van der Waals surface area contributed by atoms with Crippen LogP contribution in [-0.2, 0) is 28.6 Å². The molecule has 0 saturated carbocycles. The van der Waals surface area contributed by atoms with Crippen molar-refractivity contribution < 1.29 is 28.6 Å². The molecule has 0 aliphatic heterocycles. The lowest BCUT2D eigenvalue weighted by Crippen LogP contribution is -2.30.